The summed E-state index contributed by atoms with van der Waals surface area (Å²) in [4.78, 5) is 14.4. The van der Waals surface area contributed by atoms with Crippen LogP contribution in [-0.4, -0.2) is 46.0 Å². The third kappa shape index (κ3) is 3.61. The minimum atomic E-state index is -0.0681. The van der Waals surface area contributed by atoms with Crippen molar-refractivity contribution >= 4 is 11.7 Å². The molecule has 1 aliphatic rings. The van der Waals surface area contributed by atoms with Crippen LogP contribution in [0.3, 0.4) is 0 Å². The van der Waals surface area contributed by atoms with E-state index in [9.17, 15) is 4.79 Å². The fourth-order valence-electron chi connectivity index (χ4n) is 2.80. The first-order valence-corrected chi connectivity index (χ1v) is 8.17. The van der Waals surface area contributed by atoms with Gasteiger partial charge >= 0.3 is 6.03 Å². The van der Waals surface area contributed by atoms with Crippen molar-refractivity contribution in [3.63, 3.8) is 0 Å². The van der Waals surface area contributed by atoms with Crippen LogP contribution in [0.5, 0.6) is 0 Å². The van der Waals surface area contributed by atoms with Crippen LogP contribution in [0.15, 0.2) is 6.20 Å². The molecule has 2 heterocycles. The molecule has 2 atom stereocenters. The average Bonchev–Trinajstić information content (AvgIpc) is 2.82. The van der Waals surface area contributed by atoms with E-state index in [-0.39, 0.29) is 18.2 Å². The van der Waals surface area contributed by atoms with Gasteiger partial charge in [-0.2, -0.15) is 5.10 Å². The number of urea groups is 1. The van der Waals surface area contributed by atoms with Gasteiger partial charge in [-0.25, -0.2) is 4.79 Å². The topological polar surface area (TPSA) is 59.4 Å². The van der Waals surface area contributed by atoms with Crippen LogP contribution in [0.25, 0.3) is 0 Å². The maximum atomic E-state index is 12.5. The number of morpholine rings is 1. The van der Waals surface area contributed by atoms with Gasteiger partial charge in [-0.1, -0.05) is 20.8 Å². The van der Waals surface area contributed by atoms with Crippen molar-refractivity contribution < 1.29 is 9.53 Å². The Morgan fingerprint density at radius 3 is 2.86 bits per heavy atom. The highest BCUT2D eigenvalue weighted by atomic mass is 16.5. The normalized spacial score (nSPS) is 22.2. The minimum absolute atomic E-state index is 0.0637. The van der Waals surface area contributed by atoms with E-state index in [1.165, 1.54) is 0 Å². The zero-order valence-corrected chi connectivity index (χ0v) is 14.3. The first-order chi connectivity index (χ1) is 10.4. The van der Waals surface area contributed by atoms with Crippen molar-refractivity contribution in [2.45, 2.75) is 59.7 Å². The first-order valence-electron chi connectivity index (χ1n) is 8.17. The van der Waals surface area contributed by atoms with Crippen molar-refractivity contribution in [3.05, 3.63) is 11.9 Å². The summed E-state index contributed by atoms with van der Waals surface area (Å²) in [5, 5.41) is 7.44. The van der Waals surface area contributed by atoms with Gasteiger partial charge in [0.25, 0.3) is 0 Å². The molecule has 2 amide bonds. The Kier molecular flexibility index (Phi) is 5.45. The monoisotopic (exact) mass is 308 g/mol. The molecule has 1 fully saturated rings. The second kappa shape index (κ2) is 7.13. The molecule has 0 aliphatic carbocycles. The van der Waals surface area contributed by atoms with Gasteiger partial charge in [0.05, 0.1) is 36.3 Å². The number of rotatable bonds is 4. The maximum Gasteiger partial charge on any atom is 0.322 e. The van der Waals surface area contributed by atoms with Crippen LogP contribution < -0.4 is 5.32 Å². The molecule has 2 rings (SSSR count). The van der Waals surface area contributed by atoms with Gasteiger partial charge in [-0.3, -0.25) is 4.68 Å². The quantitative estimate of drug-likeness (QED) is 0.930. The molecular weight excluding hydrogens is 280 g/mol. The molecule has 1 aromatic rings. The number of carbonyl (C=O) groups is 1. The summed E-state index contributed by atoms with van der Waals surface area (Å²) in [7, 11) is 0. The Bertz CT molecular complexity index is 512. The van der Waals surface area contributed by atoms with E-state index >= 15 is 0 Å². The Balaban J connectivity index is 2.09. The number of ether oxygens (including phenoxy) is 1. The van der Waals surface area contributed by atoms with E-state index in [4.69, 9.17) is 4.74 Å². The lowest BCUT2D eigenvalue weighted by Gasteiger charge is -2.37. The van der Waals surface area contributed by atoms with E-state index in [0.29, 0.717) is 19.1 Å². The number of carbonyl (C=O) groups excluding carboxylic acids is 1. The number of amides is 2. The second-order valence-corrected chi connectivity index (χ2v) is 6.37. The van der Waals surface area contributed by atoms with Gasteiger partial charge in [0.2, 0.25) is 0 Å². The standard InChI is InChI=1S/C16H28N4O2/c1-6-15-14(9-17-20(15)10-11(2)3)18-16(21)19-7-8-22-13(5)12(19)4/h9,11-13H,6-8,10H2,1-5H3,(H,18,21). The molecule has 22 heavy (non-hydrogen) atoms. The minimum Gasteiger partial charge on any atom is -0.375 e. The SMILES string of the molecule is CCc1c(NC(=O)N2CCOC(C)C2C)cnn1CC(C)C. The fraction of sp³-hybridized carbons (Fsp3) is 0.750. The summed E-state index contributed by atoms with van der Waals surface area (Å²) >= 11 is 0. The van der Waals surface area contributed by atoms with Gasteiger partial charge in [0, 0.05) is 13.1 Å². The number of hydrogen-bond donors (Lipinski definition) is 1. The number of nitrogens with zero attached hydrogens (tertiary/aromatic N) is 3. The fourth-order valence-corrected chi connectivity index (χ4v) is 2.80. The molecule has 0 spiro atoms. The highest BCUT2D eigenvalue weighted by Crippen LogP contribution is 2.20. The van der Waals surface area contributed by atoms with Gasteiger partial charge in [0.1, 0.15) is 0 Å². The number of hydrogen-bond acceptors (Lipinski definition) is 3. The van der Waals surface area contributed by atoms with Gasteiger partial charge in [-0.05, 0) is 26.2 Å². The maximum absolute atomic E-state index is 12.5. The van der Waals surface area contributed by atoms with E-state index in [1.54, 1.807) is 6.20 Å². The second-order valence-electron chi connectivity index (χ2n) is 6.37. The molecule has 1 aliphatic heterocycles. The Morgan fingerprint density at radius 1 is 1.50 bits per heavy atom. The van der Waals surface area contributed by atoms with Crippen LogP contribution in [0, 0.1) is 5.92 Å². The molecule has 2 unspecified atom stereocenters. The van der Waals surface area contributed by atoms with Crippen LogP contribution in [0.2, 0.25) is 0 Å². The largest absolute Gasteiger partial charge is 0.375 e. The Hall–Kier alpha value is -1.56. The molecule has 0 radical (unpaired) electrons. The van der Waals surface area contributed by atoms with Crippen molar-refractivity contribution in [3.8, 4) is 0 Å². The van der Waals surface area contributed by atoms with Crippen molar-refractivity contribution in [2.24, 2.45) is 5.92 Å². The van der Waals surface area contributed by atoms with Gasteiger partial charge in [-0.15, -0.1) is 0 Å². The van der Waals surface area contributed by atoms with Crippen molar-refractivity contribution in [2.75, 3.05) is 18.5 Å². The highest BCUT2D eigenvalue weighted by Gasteiger charge is 2.29. The van der Waals surface area contributed by atoms with E-state index < -0.39 is 0 Å². The zero-order valence-electron chi connectivity index (χ0n) is 14.3. The van der Waals surface area contributed by atoms with E-state index in [1.807, 2.05) is 23.4 Å². The lowest BCUT2D eigenvalue weighted by atomic mass is 10.1. The third-order valence-electron chi connectivity index (χ3n) is 4.21. The Labute approximate surface area is 132 Å². The van der Waals surface area contributed by atoms with Crippen molar-refractivity contribution in [1.29, 1.82) is 0 Å². The van der Waals surface area contributed by atoms with Crippen LogP contribution in [0.4, 0.5) is 10.5 Å². The predicted octanol–water partition coefficient (Wildman–Crippen LogP) is 2.74. The lowest BCUT2D eigenvalue weighted by Crippen LogP contribution is -2.52. The molecule has 1 saturated heterocycles. The molecule has 1 N–H and O–H groups in total. The Morgan fingerprint density at radius 2 is 2.23 bits per heavy atom. The van der Waals surface area contributed by atoms with E-state index in [2.05, 4.69) is 31.2 Å². The van der Waals surface area contributed by atoms with Gasteiger partial charge < -0.3 is 15.0 Å². The van der Waals surface area contributed by atoms with Crippen LogP contribution >= 0.6 is 0 Å². The lowest BCUT2D eigenvalue weighted by molar-refractivity contribution is -0.0355. The molecule has 0 aromatic carbocycles. The molecule has 0 saturated carbocycles. The molecule has 1 aromatic heterocycles. The highest BCUT2D eigenvalue weighted by molar-refractivity contribution is 5.90. The van der Waals surface area contributed by atoms with E-state index in [0.717, 1.165) is 24.3 Å². The number of nitrogens with one attached hydrogen (secondary N) is 1. The average molecular weight is 308 g/mol. The summed E-state index contributed by atoms with van der Waals surface area (Å²) in [6.07, 6.45) is 2.67. The van der Waals surface area contributed by atoms with Crippen LogP contribution in [0.1, 0.15) is 40.3 Å². The molecular formula is C16H28N4O2. The summed E-state index contributed by atoms with van der Waals surface area (Å²) in [6, 6.07) is 0.00554. The summed E-state index contributed by atoms with van der Waals surface area (Å²) in [6.45, 7) is 12.5. The third-order valence-corrected chi connectivity index (χ3v) is 4.21. The zero-order chi connectivity index (χ0) is 16.3. The first kappa shape index (κ1) is 16.8. The summed E-state index contributed by atoms with van der Waals surface area (Å²) < 4.78 is 7.57. The van der Waals surface area contributed by atoms with Crippen molar-refractivity contribution in [1.82, 2.24) is 14.7 Å². The van der Waals surface area contributed by atoms with Gasteiger partial charge in [0.15, 0.2) is 0 Å². The molecule has 6 heteroatoms. The number of anilines is 1. The molecule has 0 bridgehead atoms. The number of aromatic nitrogens is 2. The predicted molar refractivity (Wildman–Crippen MR) is 87.0 cm³/mol. The summed E-state index contributed by atoms with van der Waals surface area (Å²) in [5.41, 5.74) is 1.90. The smallest absolute Gasteiger partial charge is 0.322 e. The van der Waals surface area contributed by atoms with Crippen LogP contribution in [-0.2, 0) is 17.7 Å². The molecule has 6 nitrogen and oxygen atoms in total. The summed E-state index contributed by atoms with van der Waals surface area (Å²) in [5.74, 6) is 0.522. The molecule has 124 valence electrons.